The van der Waals surface area contributed by atoms with E-state index in [1.165, 1.54) is 5.69 Å². The molecule has 18 heavy (non-hydrogen) atoms. The van der Waals surface area contributed by atoms with Gasteiger partial charge >= 0.3 is 0 Å². The standard InChI is InChI=1S/C13H21N5/c1-4-14-9-12-10-16-11(2)18(12)7-5-13-15-6-8-17(13)3/h6,8,10,14H,4-5,7,9H2,1-3H3. The maximum absolute atomic E-state index is 4.39. The molecule has 0 fully saturated rings. The van der Waals surface area contributed by atoms with Crippen LogP contribution in [0.4, 0.5) is 0 Å². The van der Waals surface area contributed by atoms with Crippen LogP contribution in [0.5, 0.6) is 0 Å². The van der Waals surface area contributed by atoms with Gasteiger partial charge in [-0.1, -0.05) is 6.92 Å². The minimum Gasteiger partial charge on any atom is -0.338 e. The van der Waals surface area contributed by atoms with Crippen LogP contribution >= 0.6 is 0 Å². The molecule has 0 saturated heterocycles. The Morgan fingerprint density at radius 2 is 2.17 bits per heavy atom. The summed E-state index contributed by atoms with van der Waals surface area (Å²) in [6.45, 7) is 6.94. The van der Waals surface area contributed by atoms with E-state index in [4.69, 9.17) is 0 Å². The minimum absolute atomic E-state index is 0.873. The average Bonchev–Trinajstić information content (AvgIpc) is 2.91. The molecule has 2 aromatic rings. The molecule has 2 rings (SSSR count). The fraction of sp³-hybridized carbons (Fsp3) is 0.538. The zero-order chi connectivity index (χ0) is 13.0. The van der Waals surface area contributed by atoms with Crippen LogP contribution in [0.2, 0.25) is 0 Å². The summed E-state index contributed by atoms with van der Waals surface area (Å²) in [7, 11) is 2.03. The van der Waals surface area contributed by atoms with Gasteiger partial charge in [0.1, 0.15) is 11.6 Å². The number of hydrogen-bond donors (Lipinski definition) is 1. The zero-order valence-electron chi connectivity index (χ0n) is 11.3. The van der Waals surface area contributed by atoms with Gasteiger partial charge in [0, 0.05) is 45.1 Å². The highest BCUT2D eigenvalue weighted by Crippen LogP contribution is 2.07. The summed E-state index contributed by atoms with van der Waals surface area (Å²) in [6.07, 6.45) is 6.71. The topological polar surface area (TPSA) is 47.7 Å². The summed E-state index contributed by atoms with van der Waals surface area (Å²) in [5, 5.41) is 3.34. The average molecular weight is 247 g/mol. The summed E-state index contributed by atoms with van der Waals surface area (Å²) < 4.78 is 4.33. The molecule has 2 heterocycles. The first-order valence-corrected chi connectivity index (χ1v) is 6.40. The number of nitrogens with zero attached hydrogens (tertiary/aromatic N) is 4. The Kier molecular flexibility index (Phi) is 4.15. The van der Waals surface area contributed by atoms with E-state index in [0.29, 0.717) is 0 Å². The lowest BCUT2D eigenvalue weighted by Gasteiger charge is -2.10. The highest BCUT2D eigenvalue weighted by molar-refractivity contribution is 5.05. The van der Waals surface area contributed by atoms with Gasteiger partial charge in [-0.15, -0.1) is 0 Å². The first-order chi connectivity index (χ1) is 8.72. The molecule has 0 amide bonds. The Morgan fingerprint density at radius 3 is 2.83 bits per heavy atom. The first-order valence-electron chi connectivity index (χ1n) is 6.40. The van der Waals surface area contributed by atoms with Crippen molar-refractivity contribution in [3.8, 4) is 0 Å². The summed E-state index contributed by atoms with van der Waals surface area (Å²) in [5.74, 6) is 2.18. The van der Waals surface area contributed by atoms with E-state index < -0.39 is 0 Å². The number of rotatable bonds is 6. The fourth-order valence-electron chi connectivity index (χ4n) is 2.06. The van der Waals surface area contributed by atoms with Gasteiger partial charge in [0.2, 0.25) is 0 Å². The second kappa shape index (κ2) is 5.82. The van der Waals surface area contributed by atoms with Crippen LogP contribution in [0.15, 0.2) is 18.6 Å². The van der Waals surface area contributed by atoms with Crippen molar-refractivity contribution >= 4 is 0 Å². The van der Waals surface area contributed by atoms with E-state index in [1.807, 2.05) is 32.6 Å². The second-order valence-corrected chi connectivity index (χ2v) is 4.43. The number of aryl methyl sites for hydroxylation is 3. The molecule has 0 saturated carbocycles. The van der Waals surface area contributed by atoms with E-state index in [2.05, 4.69) is 31.3 Å². The smallest absolute Gasteiger partial charge is 0.110 e. The normalized spacial score (nSPS) is 11.1. The lowest BCUT2D eigenvalue weighted by Crippen LogP contribution is -2.17. The Bertz CT molecular complexity index is 497. The van der Waals surface area contributed by atoms with E-state index in [-0.39, 0.29) is 0 Å². The third kappa shape index (κ3) is 2.79. The molecule has 0 atom stereocenters. The van der Waals surface area contributed by atoms with Crippen LogP contribution in [0.1, 0.15) is 24.3 Å². The fourth-order valence-corrected chi connectivity index (χ4v) is 2.06. The summed E-state index contributed by atoms with van der Waals surface area (Å²) in [4.78, 5) is 8.74. The summed E-state index contributed by atoms with van der Waals surface area (Å²) in [5.41, 5.74) is 1.24. The van der Waals surface area contributed by atoms with Crippen molar-refractivity contribution in [2.75, 3.05) is 6.54 Å². The third-order valence-corrected chi connectivity index (χ3v) is 3.17. The van der Waals surface area contributed by atoms with Gasteiger partial charge in [0.25, 0.3) is 0 Å². The lowest BCUT2D eigenvalue weighted by molar-refractivity contribution is 0.589. The van der Waals surface area contributed by atoms with E-state index in [0.717, 1.165) is 37.7 Å². The molecule has 0 bridgehead atoms. The van der Waals surface area contributed by atoms with Crippen molar-refractivity contribution < 1.29 is 0 Å². The largest absolute Gasteiger partial charge is 0.338 e. The zero-order valence-corrected chi connectivity index (χ0v) is 11.3. The van der Waals surface area contributed by atoms with Gasteiger partial charge in [-0.25, -0.2) is 9.97 Å². The summed E-state index contributed by atoms with van der Waals surface area (Å²) in [6, 6.07) is 0. The maximum atomic E-state index is 4.39. The predicted octanol–water partition coefficient (Wildman–Crippen LogP) is 1.28. The molecule has 0 radical (unpaired) electrons. The lowest BCUT2D eigenvalue weighted by atomic mass is 10.3. The molecule has 2 aromatic heterocycles. The van der Waals surface area contributed by atoms with Crippen LogP contribution < -0.4 is 5.32 Å². The molecule has 0 aliphatic rings. The first kappa shape index (κ1) is 12.8. The molecule has 5 heteroatoms. The minimum atomic E-state index is 0.873. The van der Waals surface area contributed by atoms with Gasteiger partial charge in [-0.3, -0.25) is 0 Å². The molecular weight excluding hydrogens is 226 g/mol. The molecule has 0 spiro atoms. The van der Waals surface area contributed by atoms with Gasteiger partial charge in [0.05, 0.1) is 5.69 Å². The molecule has 0 aromatic carbocycles. The Morgan fingerprint density at radius 1 is 1.33 bits per heavy atom. The molecule has 0 aliphatic heterocycles. The molecule has 0 aliphatic carbocycles. The van der Waals surface area contributed by atoms with E-state index in [9.17, 15) is 0 Å². The van der Waals surface area contributed by atoms with Crippen LogP contribution in [0, 0.1) is 6.92 Å². The molecule has 5 nitrogen and oxygen atoms in total. The van der Waals surface area contributed by atoms with Crippen molar-refractivity contribution in [2.24, 2.45) is 7.05 Å². The number of hydrogen-bond acceptors (Lipinski definition) is 3. The Labute approximate surface area is 108 Å². The Hall–Kier alpha value is -1.62. The van der Waals surface area contributed by atoms with Crippen LogP contribution in [0.25, 0.3) is 0 Å². The Balaban J connectivity index is 2.04. The molecule has 1 N–H and O–H groups in total. The van der Waals surface area contributed by atoms with Crippen molar-refractivity contribution in [1.82, 2.24) is 24.4 Å². The van der Waals surface area contributed by atoms with Crippen molar-refractivity contribution in [3.63, 3.8) is 0 Å². The van der Waals surface area contributed by atoms with E-state index in [1.54, 1.807) is 0 Å². The van der Waals surface area contributed by atoms with Crippen molar-refractivity contribution in [2.45, 2.75) is 33.4 Å². The highest BCUT2D eigenvalue weighted by atomic mass is 15.1. The van der Waals surface area contributed by atoms with Crippen LogP contribution in [-0.4, -0.2) is 25.6 Å². The molecule has 0 unspecified atom stereocenters. The SMILES string of the molecule is CCNCc1cnc(C)n1CCc1nccn1C. The van der Waals surface area contributed by atoms with Crippen molar-refractivity contribution in [3.05, 3.63) is 35.9 Å². The number of aromatic nitrogens is 4. The maximum Gasteiger partial charge on any atom is 0.110 e. The van der Waals surface area contributed by atoms with Gasteiger partial charge in [-0.05, 0) is 13.5 Å². The molecular formula is C13H21N5. The van der Waals surface area contributed by atoms with Crippen LogP contribution in [0.3, 0.4) is 0 Å². The molecule has 98 valence electrons. The summed E-state index contributed by atoms with van der Waals surface area (Å²) >= 11 is 0. The number of nitrogens with one attached hydrogen (secondary N) is 1. The van der Waals surface area contributed by atoms with Gasteiger partial charge in [0.15, 0.2) is 0 Å². The van der Waals surface area contributed by atoms with Gasteiger partial charge < -0.3 is 14.5 Å². The monoisotopic (exact) mass is 247 g/mol. The van der Waals surface area contributed by atoms with Crippen LogP contribution in [-0.2, 0) is 26.6 Å². The van der Waals surface area contributed by atoms with Crippen molar-refractivity contribution in [1.29, 1.82) is 0 Å². The van der Waals surface area contributed by atoms with Gasteiger partial charge in [-0.2, -0.15) is 0 Å². The predicted molar refractivity (Wildman–Crippen MR) is 71.3 cm³/mol. The quantitative estimate of drug-likeness (QED) is 0.836. The number of imidazole rings is 2. The van der Waals surface area contributed by atoms with E-state index >= 15 is 0 Å². The second-order valence-electron chi connectivity index (χ2n) is 4.43. The third-order valence-electron chi connectivity index (χ3n) is 3.17. The highest BCUT2D eigenvalue weighted by Gasteiger charge is 2.07.